The summed E-state index contributed by atoms with van der Waals surface area (Å²) in [4.78, 5) is 17.3. The normalized spacial score (nSPS) is 11.5. The van der Waals surface area contributed by atoms with Crippen molar-refractivity contribution >= 4 is 71.2 Å². The van der Waals surface area contributed by atoms with E-state index in [-0.39, 0.29) is 0 Å². The first kappa shape index (κ1) is 29.0. The molecule has 0 bridgehead atoms. The van der Waals surface area contributed by atoms with E-state index in [0.717, 1.165) is 77.5 Å². The van der Waals surface area contributed by atoms with Crippen LogP contribution >= 0.6 is 0 Å². The van der Waals surface area contributed by atoms with E-state index in [9.17, 15) is 0 Å². The molecule has 3 aromatic heterocycles. The fourth-order valence-corrected chi connectivity index (χ4v) is 7.54. The molecule has 0 unspecified atom stereocenters. The van der Waals surface area contributed by atoms with Gasteiger partial charge < -0.3 is 4.90 Å². The maximum atomic E-state index is 5.45. The van der Waals surface area contributed by atoms with Crippen LogP contribution in [0.1, 0.15) is 0 Å². The van der Waals surface area contributed by atoms with Crippen molar-refractivity contribution in [1.29, 1.82) is 0 Å². The molecule has 0 aliphatic rings. The third-order valence-electron chi connectivity index (χ3n) is 9.90. The molecule has 4 heteroatoms. The van der Waals surface area contributed by atoms with E-state index < -0.39 is 0 Å². The van der Waals surface area contributed by atoms with Crippen molar-refractivity contribution in [2.45, 2.75) is 0 Å². The molecular formula is C47H30N4. The van der Waals surface area contributed by atoms with E-state index in [1.165, 1.54) is 16.2 Å². The highest BCUT2D eigenvalue weighted by Crippen LogP contribution is 2.41. The molecule has 0 aliphatic carbocycles. The van der Waals surface area contributed by atoms with Crippen LogP contribution in [0.3, 0.4) is 0 Å². The molecule has 10 aromatic rings. The van der Waals surface area contributed by atoms with Crippen LogP contribution in [0.15, 0.2) is 182 Å². The van der Waals surface area contributed by atoms with Crippen LogP contribution < -0.4 is 4.90 Å². The van der Waals surface area contributed by atoms with Crippen molar-refractivity contribution < 1.29 is 0 Å². The summed E-state index contributed by atoms with van der Waals surface area (Å²) < 4.78 is 0. The number of hydrogen-bond donors (Lipinski definition) is 0. The predicted octanol–water partition coefficient (Wildman–Crippen LogP) is 12.4. The van der Waals surface area contributed by atoms with Crippen LogP contribution in [0.4, 0.5) is 17.1 Å². The van der Waals surface area contributed by atoms with Crippen LogP contribution in [0.25, 0.3) is 76.6 Å². The number of nitrogens with zero attached hydrogens (tertiary/aromatic N) is 4. The first-order chi connectivity index (χ1) is 25.3. The number of rotatable bonds is 5. The van der Waals surface area contributed by atoms with Crippen LogP contribution in [-0.4, -0.2) is 15.0 Å². The standard InChI is InChI=1S/C47H30N4/c1-3-12-35(13-4-1)51(36-14-5-2-6-15-36)37-23-26-41-43(30-37)50-47(42-25-21-31-10-7-8-16-38(31)44(41)42)34-19-17-33(18-20-34)46-39-24-22-32-11-9-28-48-45(32)40(39)27-29-49-46/h1-30H. The zero-order chi connectivity index (χ0) is 33.7. The minimum Gasteiger partial charge on any atom is -0.310 e. The van der Waals surface area contributed by atoms with E-state index in [4.69, 9.17) is 9.97 Å². The Bertz CT molecular complexity index is 2860. The second-order valence-corrected chi connectivity index (χ2v) is 12.9. The molecule has 0 radical (unpaired) electrons. The van der Waals surface area contributed by atoms with Crippen molar-refractivity contribution in [3.63, 3.8) is 0 Å². The molecular weight excluding hydrogens is 621 g/mol. The first-order valence-corrected chi connectivity index (χ1v) is 17.2. The van der Waals surface area contributed by atoms with E-state index in [2.05, 4.69) is 174 Å². The van der Waals surface area contributed by atoms with Crippen molar-refractivity contribution in [2.75, 3.05) is 4.90 Å². The predicted molar refractivity (Wildman–Crippen MR) is 213 cm³/mol. The van der Waals surface area contributed by atoms with E-state index in [1.54, 1.807) is 0 Å². The lowest BCUT2D eigenvalue weighted by atomic mass is 9.94. The molecule has 0 saturated heterocycles. The fourth-order valence-electron chi connectivity index (χ4n) is 7.54. The van der Waals surface area contributed by atoms with Crippen molar-refractivity contribution in [3.8, 4) is 22.5 Å². The van der Waals surface area contributed by atoms with Gasteiger partial charge in [0.15, 0.2) is 0 Å². The van der Waals surface area contributed by atoms with E-state index in [0.29, 0.717) is 0 Å². The molecule has 7 aromatic carbocycles. The molecule has 238 valence electrons. The van der Waals surface area contributed by atoms with Gasteiger partial charge in [0.2, 0.25) is 0 Å². The van der Waals surface area contributed by atoms with Crippen LogP contribution in [-0.2, 0) is 0 Å². The second-order valence-electron chi connectivity index (χ2n) is 12.9. The number of benzene rings is 7. The fraction of sp³-hybridized carbons (Fsp3) is 0. The van der Waals surface area contributed by atoms with Gasteiger partial charge in [-0.3, -0.25) is 9.97 Å². The summed E-state index contributed by atoms with van der Waals surface area (Å²) in [5, 5.41) is 9.22. The number of pyridine rings is 3. The molecule has 0 aliphatic heterocycles. The van der Waals surface area contributed by atoms with Crippen molar-refractivity contribution in [2.24, 2.45) is 0 Å². The van der Waals surface area contributed by atoms with Gasteiger partial charge in [0, 0.05) is 72.9 Å². The van der Waals surface area contributed by atoms with Gasteiger partial charge in [0.25, 0.3) is 0 Å². The molecule has 0 fully saturated rings. The lowest BCUT2D eigenvalue weighted by Gasteiger charge is -2.26. The smallest absolute Gasteiger partial charge is 0.0788 e. The van der Waals surface area contributed by atoms with Crippen LogP contribution in [0, 0.1) is 0 Å². The van der Waals surface area contributed by atoms with Crippen molar-refractivity contribution in [3.05, 3.63) is 182 Å². The largest absolute Gasteiger partial charge is 0.310 e. The van der Waals surface area contributed by atoms with E-state index in [1.807, 2.05) is 18.5 Å². The summed E-state index contributed by atoms with van der Waals surface area (Å²) in [6.45, 7) is 0. The number of aromatic nitrogens is 3. The van der Waals surface area contributed by atoms with Gasteiger partial charge in [-0.15, -0.1) is 0 Å². The zero-order valence-electron chi connectivity index (χ0n) is 27.6. The van der Waals surface area contributed by atoms with Crippen LogP contribution in [0.5, 0.6) is 0 Å². The summed E-state index contributed by atoms with van der Waals surface area (Å²) in [6, 6.07) is 59.9. The number of anilines is 3. The molecule has 3 heterocycles. The minimum absolute atomic E-state index is 0.945. The maximum Gasteiger partial charge on any atom is 0.0788 e. The van der Waals surface area contributed by atoms with Gasteiger partial charge in [-0.25, -0.2) is 4.98 Å². The molecule has 0 N–H and O–H groups in total. The summed E-state index contributed by atoms with van der Waals surface area (Å²) in [6.07, 6.45) is 3.74. The highest BCUT2D eigenvalue weighted by molar-refractivity contribution is 6.22. The Morgan fingerprint density at radius 1 is 0.373 bits per heavy atom. The quantitative estimate of drug-likeness (QED) is 0.174. The molecule has 4 nitrogen and oxygen atoms in total. The molecule has 0 spiro atoms. The first-order valence-electron chi connectivity index (χ1n) is 17.2. The maximum absolute atomic E-state index is 5.45. The van der Waals surface area contributed by atoms with Gasteiger partial charge in [-0.2, -0.15) is 0 Å². The molecule has 0 amide bonds. The summed E-state index contributed by atoms with van der Waals surface area (Å²) in [5.41, 5.74) is 9.19. The zero-order valence-corrected chi connectivity index (χ0v) is 27.6. The summed E-state index contributed by atoms with van der Waals surface area (Å²) in [5.74, 6) is 0. The van der Waals surface area contributed by atoms with Gasteiger partial charge in [-0.05, 0) is 59.3 Å². The van der Waals surface area contributed by atoms with Gasteiger partial charge in [-0.1, -0.05) is 121 Å². The Kier molecular flexibility index (Phi) is 6.78. The molecule has 0 saturated carbocycles. The van der Waals surface area contributed by atoms with Crippen LogP contribution in [0.2, 0.25) is 0 Å². The van der Waals surface area contributed by atoms with Gasteiger partial charge >= 0.3 is 0 Å². The number of hydrogen-bond acceptors (Lipinski definition) is 4. The third-order valence-corrected chi connectivity index (χ3v) is 9.90. The highest BCUT2D eigenvalue weighted by atomic mass is 15.1. The molecule has 0 atom stereocenters. The summed E-state index contributed by atoms with van der Waals surface area (Å²) >= 11 is 0. The lowest BCUT2D eigenvalue weighted by Crippen LogP contribution is -2.09. The Labute approximate surface area is 294 Å². The van der Waals surface area contributed by atoms with Crippen molar-refractivity contribution in [1.82, 2.24) is 15.0 Å². The Balaban J connectivity index is 1.17. The monoisotopic (exact) mass is 650 g/mol. The Hall–Kier alpha value is -6.91. The average Bonchev–Trinajstić information content (AvgIpc) is 3.21. The topological polar surface area (TPSA) is 41.9 Å². The Morgan fingerprint density at radius 3 is 1.80 bits per heavy atom. The minimum atomic E-state index is 0.945. The molecule has 51 heavy (non-hydrogen) atoms. The Morgan fingerprint density at radius 2 is 1.02 bits per heavy atom. The highest BCUT2D eigenvalue weighted by Gasteiger charge is 2.18. The molecule has 10 rings (SSSR count). The van der Waals surface area contributed by atoms with E-state index >= 15 is 0 Å². The lowest BCUT2D eigenvalue weighted by molar-refractivity contribution is 1.28. The van der Waals surface area contributed by atoms with Gasteiger partial charge in [0.1, 0.15) is 0 Å². The number of para-hydroxylation sites is 2. The third kappa shape index (κ3) is 4.88. The average molecular weight is 651 g/mol. The summed E-state index contributed by atoms with van der Waals surface area (Å²) in [7, 11) is 0. The van der Waals surface area contributed by atoms with Gasteiger partial charge in [0.05, 0.1) is 22.4 Å². The number of fused-ring (bicyclic) bond motifs is 8. The second kappa shape index (κ2) is 11.9. The SMILES string of the molecule is c1ccc(N(c2ccccc2)c2ccc3c(c2)nc(-c2ccc(-c4nccc5c4ccc4cccnc45)cc2)c2ccc4ccccc4c23)cc1.